The van der Waals surface area contributed by atoms with Crippen LogP contribution in [-0.4, -0.2) is 39.4 Å². The minimum absolute atomic E-state index is 0.00119. The lowest BCUT2D eigenvalue weighted by molar-refractivity contribution is -0.144. The van der Waals surface area contributed by atoms with Gasteiger partial charge in [0.25, 0.3) is 0 Å². The highest BCUT2D eigenvalue weighted by molar-refractivity contribution is 7.89. The molecule has 0 saturated heterocycles. The molecule has 1 rings (SSSR count). The molecule has 9 heteroatoms. The first-order valence-corrected chi connectivity index (χ1v) is 8.20. The molecular weight excluding hydrogens is 333 g/mol. The lowest BCUT2D eigenvalue weighted by Gasteiger charge is -2.19. The quantitative estimate of drug-likeness (QED) is 0.769. The summed E-state index contributed by atoms with van der Waals surface area (Å²) in [5.74, 6) is -1.05. The van der Waals surface area contributed by atoms with E-state index < -0.39 is 21.9 Å². The average Bonchev–Trinajstić information content (AvgIpc) is 2.67. The maximum atomic E-state index is 12.3. The lowest BCUT2D eigenvalue weighted by atomic mass is 10.2. The number of sulfonamides is 1. The topological polar surface area (TPSA) is 63.7 Å². The second kappa shape index (κ2) is 6.41. The second-order valence-corrected chi connectivity index (χ2v) is 8.20. The molecule has 0 aliphatic carbocycles. The number of hydrogen-bond acceptors (Lipinski definition) is 5. The predicted molar refractivity (Wildman–Crippen MR) is 75.3 cm³/mol. The molecule has 1 unspecified atom stereocenters. The van der Waals surface area contributed by atoms with Crippen LogP contribution in [0.4, 0.5) is 0 Å². The fourth-order valence-corrected chi connectivity index (χ4v) is 4.80. The molecule has 0 spiro atoms. The van der Waals surface area contributed by atoms with Crippen LogP contribution in [-0.2, 0) is 19.6 Å². The number of carbonyl (C=O) groups excluding carboxylic acids is 1. The van der Waals surface area contributed by atoms with Gasteiger partial charge in [0.05, 0.1) is 17.4 Å². The fourth-order valence-electron chi connectivity index (χ4n) is 1.43. The largest absolute Gasteiger partial charge is 0.469 e. The first-order chi connectivity index (χ1) is 8.70. The number of nitrogens with zero attached hydrogens (tertiary/aromatic N) is 1. The van der Waals surface area contributed by atoms with Gasteiger partial charge in [0.2, 0.25) is 10.0 Å². The van der Waals surface area contributed by atoms with Crippen molar-refractivity contribution in [3.63, 3.8) is 0 Å². The van der Waals surface area contributed by atoms with Gasteiger partial charge in [-0.05, 0) is 6.07 Å². The van der Waals surface area contributed by atoms with Crippen molar-refractivity contribution in [1.29, 1.82) is 0 Å². The normalized spacial score (nSPS) is 13.6. The Morgan fingerprint density at radius 1 is 1.53 bits per heavy atom. The average molecular weight is 346 g/mol. The van der Waals surface area contributed by atoms with Gasteiger partial charge < -0.3 is 4.74 Å². The highest BCUT2D eigenvalue weighted by atomic mass is 35.5. The minimum atomic E-state index is -3.77. The molecular formula is C10H13Cl2NO4S2. The van der Waals surface area contributed by atoms with Crippen molar-refractivity contribution in [2.75, 3.05) is 20.7 Å². The SMILES string of the molecule is COC(=O)C(C)CN(C)S(=O)(=O)c1cc(Cl)sc1Cl. The van der Waals surface area contributed by atoms with E-state index in [0.29, 0.717) is 0 Å². The highest BCUT2D eigenvalue weighted by Crippen LogP contribution is 2.35. The Labute approximate surface area is 126 Å². The summed E-state index contributed by atoms with van der Waals surface area (Å²) >= 11 is 12.5. The zero-order valence-electron chi connectivity index (χ0n) is 10.5. The second-order valence-electron chi connectivity index (χ2n) is 3.90. The third kappa shape index (κ3) is 3.82. The number of esters is 1. The van der Waals surface area contributed by atoms with E-state index in [9.17, 15) is 13.2 Å². The van der Waals surface area contributed by atoms with Gasteiger partial charge >= 0.3 is 5.97 Å². The van der Waals surface area contributed by atoms with Gasteiger partial charge in [-0.3, -0.25) is 4.79 Å². The molecule has 0 N–H and O–H groups in total. The Morgan fingerprint density at radius 2 is 2.11 bits per heavy atom. The van der Waals surface area contributed by atoms with Crippen LogP contribution < -0.4 is 0 Å². The maximum absolute atomic E-state index is 12.3. The lowest BCUT2D eigenvalue weighted by Crippen LogP contribution is -2.34. The predicted octanol–water partition coefficient (Wildman–Crippen LogP) is 2.48. The molecule has 0 aliphatic heterocycles. The van der Waals surface area contributed by atoms with Crippen molar-refractivity contribution in [1.82, 2.24) is 4.31 Å². The number of halogens is 2. The van der Waals surface area contributed by atoms with Crippen LogP contribution in [0.25, 0.3) is 0 Å². The molecule has 0 aromatic carbocycles. The molecule has 0 amide bonds. The minimum Gasteiger partial charge on any atom is -0.469 e. The molecule has 0 aliphatic rings. The van der Waals surface area contributed by atoms with Gasteiger partial charge in [-0.2, -0.15) is 0 Å². The van der Waals surface area contributed by atoms with Gasteiger partial charge in [0.15, 0.2) is 0 Å². The zero-order valence-corrected chi connectivity index (χ0v) is 13.7. The van der Waals surface area contributed by atoms with E-state index in [0.717, 1.165) is 15.6 Å². The number of thiophene rings is 1. The highest BCUT2D eigenvalue weighted by Gasteiger charge is 2.28. The van der Waals surface area contributed by atoms with E-state index in [2.05, 4.69) is 4.74 Å². The Balaban J connectivity index is 2.95. The molecule has 1 atom stereocenters. The van der Waals surface area contributed by atoms with Gasteiger partial charge in [0, 0.05) is 13.6 Å². The summed E-state index contributed by atoms with van der Waals surface area (Å²) in [5, 5.41) is 0. The van der Waals surface area contributed by atoms with E-state index in [4.69, 9.17) is 23.2 Å². The summed E-state index contributed by atoms with van der Waals surface area (Å²) in [5.41, 5.74) is 0. The van der Waals surface area contributed by atoms with Gasteiger partial charge in [-0.1, -0.05) is 30.1 Å². The molecule has 19 heavy (non-hydrogen) atoms. The molecule has 0 fully saturated rings. The Hall–Kier alpha value is -0.340. The van der Waals surface area contributed by atoms with Crippen LogP contribution in [0.15, 0.2) is 11.0 Å². The van der Waals surface area contributed by atoms with E-state index in [1.54, 1.807) is 6.92 Å². The monoisotopic (exact) mass is 345 g/mol. The number of methoxy groups -OCH3 is 1. The van der Waals surface area contributed by atoms with E-state index >= 15 is 0 Å². The fraction of sp³-hybridized carbons (Fsp3) is 0.500. The summed E-state index contributed by atoms with van der Waals surface area (Å²) in [6, 6.07) is 1.29. The Morgan fingerprint density at radius 3 is 2.53 bits per heavy atom. The zero-order chi connectivity index (χ0) is 14.8. The van der Waals surface area contributed by atoms with E-state index in [1.165, 1.54) is 20.2 Å². The molecule has 1 aromatic rings. The molecule has 0 bridgehead atoms. The standard InChI is InChI=1S/C10H13Cl2NO4S2/c1-6(10(14)17-3)5-13(2)19(15,16)7-4-8(11)18-9(7)12/h4,6H,5H2,1-3H3. The molecule has 1 heterocycles. The van der Waals surface area contributed by atoms with Crippen molar-refractivity contribution < 1.29 is 17.9 Å². The van der Waals surface area contributed by atoms with Crippen LogP contribution in [0.3, 0.4) is 0 Å². The van der Waals surface area contributed by atoms with Crippen molar-refractivity contribution in [3.05, 3.63) is 14.7 Å². The number of carbonyl (C=O) groups is 1. The van der Waals surface area contributed by atoms with Gasteiger partial charge in [0.1, 0.15) is 9.23 Å². The third-order valence-corrected chi connectivity index (χ3v) is 6.02. The maximum Gasteiger partial charge on any atom is 0.309 e. The summed E-state index contributed by atoms with van der Waals surface area (Å²) < 4.78 is 30.5. The van der Waals surface area contributed by atoms with Crippen molar-refractivity contribution >= 4 is 50.5 Å². The van der Waals surface area contributed by atoms with Crippen molar-refractivity contribution in [3.8, 4) is 0 Å². The van der Waals surface area contributed by atoms with Crippen LogP contribution in [0.5, 0.6) is 0 Å². The molecule has 1 aromatic heterocycles. The number of ether oxygens (including phenoxy) is 1. The molecule has 0 radical (unpaired) electrons. The first kappa shape index (κ1) is 16.7. The van der Waals surface area contributed by atoms with Gasteiger partial charge in [-0.15, -0.1) is 11.3 Å². The molecule has 5 nitrogen and oxygen atoms in total. The number of rotatable bonds is 5. The smallest absolute Gasteiger partial charge is 0.309 e. The van der Waals surface area contributed by atoms with Crippen LogP contribution in [0, 0.1) is 5.92 Å². The first-order valence-electron chi connectivity index (χ1n) is 5.19. The van der Waals surface area contributed by atoms with Crippen LogP contribution >= 0.6 is 34.5 Å². The Bertz CT molecular complexity index is 570. The summed E-state index contributed by atoms with van der Waals surface area (Å²) in [6.07, 6.45) is 0. The van der Waals surface area contributed by atoms with Crippen LogP contribution in [0.1, 0.15) is 6.92 Å². The molecule has 0 saturated carbocycles. The third-order valence-electron chi connectivity index (χ3n) is 2.45. The summed E-state index contributed by atoms with van der Waals surface area (Å²) in [7, 11) is -1.14. The van der Waals surface area contributed by atoms with E-state index in [-0.39, 0.29) is 20.1 Å². The molecule has 108 valence electrons. The Kier molecular flexibility index (Phi) is 5.64. The number of hydrogen-bond donors (Lipinski definition) is 0. The van der Waals surface area contributed by atoms with Crippen LogP contribution in [0.2, 0.25) is 8.67 Å². The van der Waals surface area contributed by atoms with Gasteiger partial charge in [-0.25, -0.2) is 12.7 Å². The summed E-state index contributed by atoms with van der Waals surface area (Å²) in [6.45, 7) is 1.58. The summed E-state index contributed by atoms with van der Waals surface area (Å²) in [4.78, 5) is 11.2. The van der Waals surface area contributed by atoms with Crippen molar-refractivity contribution in [2.45, 2.75) is 11.8 Å². The van der Waals surface area contributed by atoms with E-state index in [1.807, 2.05) is 0 Å². The van der Waals surface area contributed by atoms with Crippen molar-refractivity contribution in [2.24, 2.45) is 5.92 Å².